The fraction of sp³-hybridized carbons (Fsp3) is 0.600. The van der Waals surface area contributed by atoms with Gasteiger partial charge in [-0.3, -0.25) is 0 Å². The van der Waals surface area contributed by atoms with E-state index in [1.165, 1.54) is 12.1 Å². The van der Waals surface area contributed by atoms with E-state index in [-0.39, 0.29) is 12.1 Å². The molecule has 5 heteroatoms. The van der Waals surface area contributed by atoms with Gasteiger partial charge in [-0.15, -0.1) is 0 Å². The predicted molar refractivity (Wildman–Crippen MR) is 71.1 cm³/mol. The predicted octanol–water partition coefficient (Wildman–Crippen LogP) is 2.57. The van der Waals surface area contributed by atoms with Crippen molar-refractivity contribution < 1.29 is 13.2 Å². The zero-order valence-electron chi connectivity index (χ0n) is 11.2. The minimum absolute atomic E-state index is 0.122. The van der Waals surface area contributed by atoms with Crippen LogP contribution < -0.4 is 11.1 Å². The SMILES string of the molecule is N[C@H]1CC[C@H]2C(Cc3ccccc3C(F)(F)F)NC[C@@H]12. The normalized spacial score (nSPS) is 33.4. The van der Waals surface area contributed by atoms with Crippen molar-refractivity contribution >= 4 is 0 Å². The summed E-state index contributed by atoms with van der Waals surface area (Å²) >= 11 is 0. The molecule has 1 aliphatic carbocycles. The summed E-state index contributed by atoms with van der Waals surface area (Å²) in [4.78, 5) is 0. The zero-order valence-corrected chi connectivity index (χ0v) is 11.2. The average molecular weight is 284 g/mol. The molecule has 20 heavy (non-hydrogen) atoms. The monoisotopic (exact) mass is 284 g/mol. The Hall–Kier alpha value is -1.07. The van der Waals surface area contributed by atoms with Crippen LogP contribution in [0, 0.1) is 11.8 Å². The molecule has 0 aromatic heterocycles. The molecule has 1 heterocycles. The molecule has 2 aliphatic rings. The van der Waals surface area contributed by atoms with E-state index >= 15 is 0 Å². The standard InChI is InChI=1S/C15H19F3N2/c16-15(17,18)12-4-2-1-3-9(12)7-14-10-5-6-13(19)11(10)8-20-14/h1-4,10-11,13-14,20H,5-8,19H2/t10-,11-,13+,14?/m1/s1. The Bertz CT molecular complexity index is 486. The first-order valence-corrected chi connectivity index (χ1v) is 7.11. The van der Waals surface area contributed by atoms with Gasteiger partial charge in [0.15, 0.2) is 0 Å². The Labute approximate surface area is 116 Å². The third kappa shape index (κ3) is 2.44. The summed E-state index contributed by atoms with van der Waals surface area (Å²) in [6.07, 6.45) is -1.82. The van der Waals surface area contributed by atoms with Crippen molar-refractivity contribution in [1.29, 1.82) is 0 Å². The number of alkyl halides is 3. The molecule has 1 saturated heterocycles. The van der Waals surface area contributed by atoms with Gasteiger partial charge in [0, 0.05) is 18.6 Å². The van der Waals surface area contributed by atoms with Crippen LogP contribution in [0.1, 0.15) is 24.0 Å². The topological polar surface area (TPSA) is 38.0 Å². The summed E-state index contributed by atoms with van der Waals surface area (Å²) < 4.78 is 39.0. The molecule has 1 unspecified atom stereocenters. The van der Waals surface area contributed by atoms with Gasteiger partial charge in [0.2, 0.25) is 0 Å². The molecular formula is C15H19F3N2. The molecule has 0 bridgehead atoms. The van der Waals surface area contributed by atoms with Crippen LogP contribution in [0.15, 0.2) is 24.3 Å². The Morgan fingerprint density at radius 2 is 1.90 bits per heavy atom. The molecule has 0 amide bonds. The first-order chi connectivity index (χ1) is 9.47. The largest absolute Gasteiger partial charge is 0.416 e. The number of benzene rings is 1. The van der Waals surface area contributed by atoms with Gasteiger partial charge in [-0.25, -0.2) is 0 Å². The number of rotatable bonds is 2. The summed E-state index contributed by atoms with van der Waals surface area (Å²) in [5.41, 5.74) is 5.94. The van der Waals surface area contributed by atoms with Gasteiger partial charge in [0.1, 0.15) is 0 Å². The molecule has 110 valence electrons. The molecule has 1 saturated carbocycles. The molecule has 1 aliphatic heterocycles. The second-order valence-electron chi connectivity index (χ2n) is 5.94. The second-order valence-corrected chi connectivity index (χ2v) is 5.94. The van der Waals surface area contributed by atoms with Crippen LogP contribution in [0.25, 0.3) is 0 Å². The maximum Gasteiger partial charge on any atom is 0.416 e. The quantitative estimate of drug-likeness (QED) is 0.876. The van der Waals surface area contributed by atoms with E-state index in [1.807, 2.05) is 0 Å². The Morgan fingerprint density at radius 1 is 1.15 bits per heavy atom. The Kier molecular flexibility index (Phi) is 3.50. The number of halogens is 3. The van der Waals surface area contributed by atoms with Gasteiger partial charge in [0.05, 0.1) is 5.56 Å². The van der Waals surface area contributed by atoms with Gasteiger partial charge in [0.25, 0.3) is 0 Å². The first kappa shape index (κ1) is 13.9. The van der Waals surface area contributed by atoms with Gasteiger partial charge >= 0.3 is 6.18 Å². The maximum absolute atomic E-state index is 13.0. The maximum atomic E-state index is 13.0. The Morgan fingerprint density at radius 3 is 2.65 bits per heavy atom. The third-order valence-corrected chi connectivity index (χ3v) is 4.83. The highest BCUT2D eigenvalue weighted by Gasteiger charge is 2.44. The summed E-state index contributed by atoms with van der Waals surface area (Å²) in [7, 11) is 0. The molecule has 3 rings (SSSR count). The van der Waals surface area contributed by atoms with E-state index in [0.29, 0.717) is 23.8 Å². The highest BCUT2D eigenvalue weighted by atomic mass is 19.4. The van der Waals surface area contributed by atoms with Crippen LogP contribution in [0.2, 0.25) is 0 Å². The highest BCUT2D eigenvalue weighted by Crippen LogP contribution is 2.39. The minimum Gasteiger partial charge on any atom is -0.327 e. The minimum atomic E-state index is -4.28. The summed E-state index contributed by atoms with van der Waals surface area (Å²) in [6, 6.07) is 6.21. The van der Waals surface area contributed by atoms with E-state index in [4.69, 9.17) is 5.73 Å². The molecule has 4 atom stereocenters. The van der Waals surface area contributed by atoms with Crippen molar-refractivity contribution in [2.24, 2.45) is 17.6 Å². The number of hydrogen-bond donors (Lipinski definition) is 2. The molecule has 0 spiro atoms. The van der Waals surface area contributed by atoms with E-state index < -0.39 is 11.7 Å². The molecule has 2 nitrogen and oxygen atoms in total. The Balaban J connectivity index is 1.79. The van der Waals surface area contributed by atoms with Crippen molar-refractivity contribution in [2.75, 3.05) is 6.54 Å². The smallest absolute Gasteiger partial charge is 0.327 e. The fourth-order valence-electron chi connectivity index (χ4n) is 3.81. The van der Waals surface area contributed by atoms with E-state index in [2.05, 4.69) is 5.32 Å². The lowest BCUT2D eigenvalue weighted by molar-refractivity contribution is -0.138. The molecular weight excluding hydrogens is 265 g/mol. The fourth-order valence-corrected chi connectivity index (χ4v) is 3.81. The molecule has 3 N–H and O–H groups in total. The summed E-state index contributed by atoms with van der Waals surface area (Å²) in [5.74, 6) is 0.851. The molecule has 0 radical (unpaired) electrons. The van der Waals surface area contributed by atoms with Gasteiger partial charge < -0.3 is 11.1 Å². The summed E-state index contributed by atoms with van der Waals surface area (Å²) in [6.45, 7) is 0.838. The van der Waals surface area contributed by atoms with Crippen molar-refractivity contribution in [3.05, 3.63) is 35.4 Å². The number of nitrogens with two attached hydrogens (primary N) is 1. The van der Waals surface area contributed by atoms with Crippen LogP contribution in [0.4, 0.5) is 13.2 Å². The molecule has 2 fully saturated rings. The lowest BCUT2D eigenvalue weighted by Crippen LogP contribution is -2.30. The average Bonchev–Trinajstić information content (AvgIpc) is 2.94. The third-order valence-electron chi connectivity index (χ3n) is 4.83. The molecule has 1 aromatic carbocycles. The van der Waals surface area contributed by atoms with Crippen LogP contribution >= 0.6 is 0 Å². The number of hydrogen-bond acceptors (Lipinski definition) is 2. The van der Waals surface area contributed by atoms with Gasteiger partial charge in [-0.05, 0) is 42.7 Å². The van der Waals surface area contributed by atoms with Crippen LogP contribution in [0.5, 0.6) is 0 Å². The van der Waals surface area contributed by atoms with Crippen molar-refractivity contribution in [3.8, 4) is 0 Å². The lowest BCUT2D eigenvalue weighted by Gasteiger charge is -2.21. The van der Waals surface area contributed by atoms with Crippen molar-refractivity contribution in [3.63, 3.8) is 0 Å². The second kappa shape index (κ2) is 5.04. The highest BCUT2D eigenvalue weighted by molar-refractivity contribution is 5.31. The van der Waals surface area contributed by atoms with Crippen LogP contribution in [0.3, 0.4) is 0 Å². The van der Waals surface area contributed by atoms with Crippen molar-refractivity contribution in [2.45, 2.75) is 37.5 Å². The van der Waals surface area contributed by atoms with Crippen LogP contribution in [-0.4, -0.2) is 18.6 Å². The summed E-state index contributed by atoms with van der Waals surface area (Å²) in [5, 5.41) is 3.37. The van der Waals surface area contributed by atoms with Gasteiger partial charge in [-0.2, -0.15) is 13.2 Å². The van der Waals surface area contributed by atoms with E-state index in [0.717, 1.165) is 19.4 Å². The first-order valence-electron chi connectivity index (χ1n) is 7.11. The lowest BCUT2D eigenvalue weighted by atomic mass is 9.88. The number of nitrogens with one attached hydrogen (secondary N) is 1. The molecule has 1 aromatic rings. The van der Waals surface area contributed by atoms with Crippen LogP contribution in [-0.2, 0) is 12.6 Å². The zero-order chi connectivity index (χ0) is 14.3. The van der Waals surface area contributed by atoms with Gasteiger partial charge in [-0.1, -0.05) is 18.2 Å². The van der Waals surface area contributed by atoms with E-state index in [1.54, 1.807) is 12.1 Å². The number of fused-ring (bicyclic) bond motifs is 1. The van der Waals surface area contributed by atoms with Crippen molar-refractivity contribution in [1.82, 2.24) is 5.32 Å². The van der Waals surface area contributed by atoms with E-state index in [9.17, 15) is 13.2 Å².